The predicted molar refractivity (Wildman–Crippen MR) is 78.8 cm³/mol. The molecule has 0 unspecified atom stereocenters. The number of nitrogens with zero attached hydrogens (tertiary/aromatic N) is 3. The molecule has 0 aliphatic rings. The molecule has 0 spiro atoms. The number of aromatic nitrogens is 3. The highest BCUT2D eigenvalue weighted by Crippen LogP contribution is 2.15. The van der Waals surface area contributed by atoms with Crippen molar-refractivity contribution in [2.45, 2.75) is 6.54 Å². The summed E-state index contributed by atoms with van der Waals surface area (Å²) in [5, 5.41) is 3.36. The molecule has 1 aromatic carbocycles. The molecule has 3 aromatic rings. The third kappa shape index (κ3) is 2.47. The van der Waals surface area contributed by atoms with Gasteiger partial charge in [-0.1, -0.05) is 12.1 Å². The van der Waals surface area contributed by atoms with Crippen LogP contribution in [0.25, 0.3) is 11.0 Å². The van der Waals surface area contributed by atoms with E-state index < -0.39 is 0 Å². The molecule has 0 saturated carbocycles. The van der Waals surface area contributed by atoms with E-state index in [9.17, 15) is 9.18 Å². The maximum Gasteiger partial charge on any atom is 0.283 e. The third-order valence-electron chi connectivity index (χ3n) is 3.21. The maximum absolute atomic E-state index is 13.0. The molecule has 3 rings (SSSR count). The van der Waals surface area contributed by atoms with Crippen molar-refractivity contribution in [3.05, 3.63) is 64.3 Å². The summed E-state index contributed by atoms with van der Waals surface area (Å²) in [6.45, 7) is 0.442. The van der Waals surface area contributed by atoms with Crippen molar-refractivity contribution >= 4 is 17.0 Å². The Morgan fingerprint density at radius 3 is 2.71 bits per heavy atom. The Bertz CT molecular complexity index is 842. The summed E-state index contributed by atoms with van der Waals surface area (Å²) >= 11 is 0. The van der Waals surface area contributed by atoms with Gasteiger partial charge < -0.3 is 5.32 Å². The van der Waals surface area contributed by atoms with Crippen LogP contribution in [-0.2, 0) is 6.54 Å². The number of anilines is 1. The van der Waals surface area contributed by atoms with Gasteiger partial charge in [0.2, 0.25) is 5.95 Å². The molecule has 0 fully saturated rings. The number of halogens is 1. The van der Waals surface area contributed by atoms with Gasteiger partial charge in [0.15, 0.2) is 0 Å². The van der Waals surface area contributed by atoms with Gasteiger partial charge in [0, 0.05) is 13.2 Å². The second-order valence-electron chi connectivity index (χ2n) is 4.58. The summed E-state index contributed by atoms with van der Waals surface area (Å²) < 4.78 is 14.8. The Hall–Kier alpha value is -2.76. The Morgan fingerprint density at radius 1 is 1.24 bits per heavy atom. The second kappa shape index (κ2) is 5.32. The first-order valence-corrected chi connectivity index (χ1v) is 6.47. The van der Waals surface area contributed by atoms with Crippen molar-refractivity contribution in [3.8, 4) is 0 Å². The molecular formula is C15H13FN4O. The Morgan fingerprint density at radius 2 is 2.00 bits per heavy atom. The number of rotatable bonds is 3. The van der Waals surface area contributed by atoms with Crippen LogP contribution in [0.4, 0.5) is 10.3 Å². The van der Waals surface area contributed by atoms with Gasteiger partial charge in [-0.2, -0.15) is 4.98 Å². The summed E-state index contributed by atoms with van der Waals surface area (Å²) in [7, 11) is 1.69. The van der Waals surface area contributed by atoms with Crippen LogP contribution >= 0.6 is 0 Å². The van der Waals surface area contributed by atoms with Gasteiger partial charge in [-0.15, -0.1) is 0 Å². The summed E-state index contributed by atoms with van der Waals surface area (Å²) in [4.78, 5) is 20.2. The molecule has 6 heteroatoms. The Kier molecular flexibility index (Phi) is 3.35. The Labute approximate surface area is 120 Å². The Balaban J connectivity index is 2.18. The van der Waals surface area contributed by atoms with Gasteiger partial charge in [-0.3, -0.25) is 9.36 Å². The minimum absolute atomic E-state index is 0.284. The minimum Gasteiger partial charge on any atom is -0.359 e. The lowest BCUT2D eigenvalue weighted by molar-refractivity contribution is 0.626. The van der Waals surface area contributed by atoms with Gasteiger partial charge in [0.25, 0.3) is 5.56 Å². The normalized spacial score (nSPS) is 10.8. The highest BCUT2D eigenvalue weighted by Gasteiger charge is 2.11. The van der Waals surface area contributed by atoms with Crippen molar-refractivity contribution < 1.29 is 4.39 Å². The van der Waals surface area contributed by atoms with Crippen molar-refractivity contribution in [1.82, 2.24) is 14.5 Å². The molecule has 0 saturated heterocycles. The molecule has 21 heavy (non-hydrogen) atoms. The van der Waals surface area contributed by atoms with Crippen LogP contribution in [0, 0.1) is 5.82 Å². The number of hydrogen-bond acceptors (Lipinski definition) is 4. The monoisotopic (exact) mass is 284 g/mol. The standard InChI is InChI=1S/C15H13FN4O/c1-17-15-19-14(21)12-3-2-8-18-13(12)20(15)9-10-4-6-11(16)7-5-10/h2-8H,9H2,1H3,(H,17,19,21). The number of fused-ring (bicyclic) bond motifs is 1. The topological polar surface area (TPSA) is 59.8 Å². The van der Waals surface area contributed by atoms with Crippen LogP contribution in [0.3, 0.4) is 0 Å². The van der Waals surface area contributed by atoms with Crippen LogP contribution < -0.4 is 10.9 Å². The maximum atomic E-state index is 13.0. The van der Waals surface area contributed by atoms with E-state index in [1.54, 1.807) is 42.1 Å². The minimum atomic E-state index is -0.321. The molecule has 0 atom stereocenters. The van der Waals surface area contributed by atoms with Crippen LogP contribution in [0.1, 0.15) is 5.56 Å². The van der Waals surface area contributed by atoms with Crippen molar-refractivity contribution in [2.75, 3.05) is 12.4 Å². The largest absolute Gasteiger partial charge is 0.359 e. The lowest BCUT2D eigenvalue weighted by Crippen LogP contribution is -2.19. The molecule has 0 aliphatic carbocycles. The molecular weight excluding hydrogens is 271 g/mol. The molecule has 0 aliphatic heterocycles. The van der Waals surface area contributed by atoms with Crippen LogP contribution in [0.5, 0.6) is 0 Å². The molecule has 2 aromatic heterocycles. The molecule has 0 bridgehead atoms. The number of pyridine rings is 1. The van der Waals surface area contributed by atoms with Crippen LogP contribution in [0.15, 0.2) is 47.4 Å². The second-order valence-corrected chi connectivity index (χ2v) is 4.58. The molecule has 0 radical (unpaired) electrons. The van der Waals surface area contributed by atoms with Crippen molar-refractivity contribution in [1.29, 1.82) is 0 Å². The smallest absolute Gasteiger partial charge is 0.283 e. The lowest BCUT2D eigenvalue weighted by Gasteiger charge is -2.14. The van der Waals surface area contributed by atoms with E-state index in [0.29, 0.717) is 23.5 Å². The SMILES string of the molecule is CNc1nc(=O)c2cccnc2n1Cc1ccc(F)cc1. The fraction of sp³-hybridized carbons (Fsp3) is 0.133. The number of hydrogen-bond donors (Lipinski definition) is 1. The number of nitrogens with one attached hydrogen (secondary N) is 1. The fourth-order valence-corrected chi connectivity index (χ4v) is 2.21. The lowest BCUT2D eigenvalue weighted by atomic mass is 10.2. The summed E-state index contributed by atoms with van der Waals surface area (Å²) in [5.41, 5.74) is 1.12. The molecule has 106 valence electrons. The van der Waals surface area contributed by atoms with Gasteiger partial charge in [0.1, 0.15) is 11.5 Å². The average Bonchev–Trinajstić information content (AvgIpc) is 2.52. The molecule has 5 nitrogen and oxygen atoms in total. The first kappa shape index (κ1) is 13.2. The van der Waals surface area contributed by atoms with E-state index in [2.05, 4.69) is 15.3 Å². The van der Waals surface area contributed by atoms with E-state index >= 15 is 0 Å². The van der Waals surface area contributed by atoms with E-state index in [4.69, 9.17) is 0 Å². The van der Waals surface area contributed by atoms with E-state index in [-0.39, 0.29) is 11.4 Å². The molecule has 2 heterocycles. The zero-order chi connectivity index (χ0) is 14.8. The first-order valence-electron chi connectivity index (χ1n) is 6.47. The van der Waals surface area contributed by atoms with E-state index in [0.717, 1.165) is 5.56 Å². The van der Waals surface area contributed by atoms with Crippen LogP contribution in [0.2, 0.25) is 0 Å². The average molecular weight is 284 g/mol. The summed E-state index contributed by atoms with van der Waals surface area (Å²) in [6, 6.07) is 9.59. The van der Waals surface area contributed by atoms with Crippen molar-refractivity contribution in [2.24, 2.45) is 0 Å². The predicted octanol–water partition coefficient (Wildman–Crippen LogP) is 2.02. The zero-order valence-corrected chi connectivity index (χ0v) is 11.4. The van der Waals surface area contributed by atoms with E-state index in [1.165, 1.54) is 12.1 Å². The van der Waals surface area contributed by atoms with Gasteiger partial charge >= 0.3 is 0 Å². The number of benzene rings is 1. The quantitative estimate of drug-likeness (QED) is 0.799. The zero-order valence-electron chi connectivity index (χ0n) is 11.4. The van der Waals surface area contributed by atoms with E-state index in [1.807, 2.05) is 0 Å². The van der Waals surface area contributed by atoms with Crippen LogP contribution in [-0.4, -0.2) is 21.6 Å². The highest BCUT2D eigenvalue weighted by molar-refractivity contribution is 5.75. The first-order chi connectivity index (χ1) is 10.2. The highest BCUT2D eigenvalue weighted by atomic mass is 19.1. The molecule has 1 N–H and O–H groups in total. The third-order valence-corrected chi connectivity index (χ3v) is 3.21. The van der Waals surface area contributed by atoms with Gasteiger partial charge in [-0.05, 0) is 29.8 Å². The van der Waals surface area contributed by atoms with Crippen molar-refractivity contribution in [3.63, 3.8) is 0 Å². The van der Waals surface area contributed by atoms with Gasteiger partial charge in [0.05, 0.1) is 11.9 Å². The summed E-state index contributed by atoms with van der Waals surface area (Å²) in [6.07, 6.45) is 1.63. The molecule has 0 amide bonds. The summed E-state index contributed by atoms with van der Waals surface area (Å²) in [5.74, 6) is 0.143. The van der Waals surface area contributed by atoms with Gasteiger partial charge in [-0.25, -0.2) is 9.37 Å². The fourth-order valence-electron chi connectivity index (χ4n) is 2.21.